The van der Waals surface area contributed by atoms with Gasteiger partial charge < -0.3 is 9.84 Å². The predicted molar refractivity (Wildman–Crippen MR) is 160 cm³/mol. The molecule has 4 aromatic rings. The monoisotopic (exact) mass is 558 g/mol. The highest BCUT2D eigenvalue weighted by Crippen LogP contribution is 2.38. The third-order valence-corrected chi connectivity index (χ3v) is 7.45. The Morgan fingerprint density at radius 2 is 1.52 bits per heavy atom. The molecule has 0 bridgehead atoms. The number of amides is 1. The highest BCUT2D eigenvalue weighted by Gasteiger charge is 2.26. The van der Waals surface area contributed by atoms with Crippen molar-refractivity contribution in [2.24, 2.45) is 5.84 Å². The fraction of sp³-hybridized carbons (Fsp3) is 0.273. The van der Waals surface area contributed by atoms with Gasteiger partial charge in [0.25, 0.3) is 5.91 Å². The van der Waals surface area contributed by atoms with E-state index in [0.717, 1.165) is 40.1 Å². The molecule has 0 saturated heterocycles. The zero-order valence-electron chi connectivity index (χ0n) is 22.8. The van der Waals surface area contributed by atoms with Crippen molar-refractivity contribution in [1.82, 2.24) is 5.01 Å². The molecule has 208 valence electrons. The van der Waals surface area contributed by atoms with Gasteiger partial charge >= 0.3 is 5.97 Å². The number of halogens is 1. The number of carbonyl (C=O) groups excluding carboxylic acids is 1. The van der Waals surface area contributed by atoms with Gasteiger partial charge in [-0.2, -0.15) is 0 Å². The number of nitrogens with zero attached hydrogens (tertiary/aromatic N) is 1. The van der Waals surface area contributed by atoms with Crippen LogP contribution in [0.2, 0.25) is 5.02 Å². The van der Waals surface area contributed by atoms with E-state index in [9.17, 15) is 9.59 Å². The second-order valence-electron chi connectivity index (χ2n) is 10.1. The van der Waals surface area contributed by atoms with Gasteiger partial charge in [-0.3, -0.25) is 14.6 Å². The molecular weight excluding hydrogens is 524 g/mol. The average molecular weight is 559 g/mol. The van der Waals surface area contributed by atoms with Crippen LogP contribution in [0, 0.1) is 6.92 Å². The second-order valence-corrected chi connectivity index (χ2v) is 10.6. The highest BCUT2D eigenvalue weighted by molar-refractivity contribution is 6.30. The Hall–Kier alpha value is -3.87. The van der Waals surface area contributed by atoms with Crippen LogP contribution in [0.25, 0.3) is 10.8 Å². The molecule has 0 aliphatic heterocycles. The molecule has 2 atom stereocenters. The summed E-state index contributed by atoms with van der Waals surface area (Å²) in [5.74, 6) is 5.37. The second kappa shape index (κ2) is 13.5. The average Bonchev–Trinajstić information content (AvgIpc) is 2.96. The molecule has 0 aliphatic rings. The summed E-state index contributed by atoms with van der Waals surface area (Å²) in [5, 5.41) is 12.8. The number of nitrogens with two attached hydrogens (primary N) is 1. The molecule has 0 radical (unpaired) electrons. The maximum atomic E-state index is 12.7. The lowest BCUT2D eigenvalue weighted by Gasteiger charge is -2.28. The van der Waals surface area contributed by atoms with Crippen LogP contribution in [0.4, 0.5) is 0 Å². The largest absolute Gasteiger partial charge is 0.493 e. The van der Waals surface area contributed by atoms with Gasteiger partial charge in [0.1, 0.15) is 5.75 Å². The Kier molecular flexibility index (Phi) is 9.80. The van der Waals surface area contributed by atoms with E-state index in [1.807, 2.05) is 30.3 Å². The van der Waals surface area contributed by atoms with Crippen LogP contribution in [0.3, 0.4) is 0 Å². The maximum absolute atomic E-state index is 12.7. The van der Waals surface area contributed by atoms with E-state index in [4.69, 9.17) is 27.3 Å². The van der Waals surface area contributed by atoms with Crippen LogP contribution in [0.5, 0.6) is 5.75 Å². The van der Waals surface area contributed by atoms with E-state index in [1.165, 1.54) is 10.9 Å². The van der Waals surface area contributed by atoms with Crippen LogP contribution < -0.4 is 10.6 Å². The minimum absolute atomic E-state index is 0.0362. The molecule has 0 aromatic heterocycles. The number of benzene rings is 4. The first-order valence-electron chi connectivity index (χ1n) is 13.5. The highest BCUT2D eigenvalue weighted by atomic mass is 35.5. The van der Waals surface area contributed by atoms with E-state index >= 15 is 0 Å². The zero-order chi connectivity index (χ0) is 28.6. The first kappa shape index (κ1) is 29.1. The van der Waals surface area contributed by atoms with E-state index in [2.05, 4.69) is 56.3 Å². The van der Waals surface area contributed by atoms with Gasteiger partial charge in [-0.1, -0.05) is 79.0 Å². The summed E-state index contributed by atoms with van der Waals surface area (Å²) in [4.78, 5) is 23.5. The summed E-state index contributed by atoms with van der Waals surface area (Å²) in [7, 11) is 0. The summed E-state index contributed by atoms with van der Waals surface area (Å²) in [6, 6.07) is 27.9. The fourth-order valence-electron chi connectivity index (χ4n) is 5.04. The van der Waals surface area contributed by atoms with E-state index in [1.54, 1.807) is 12.1 Å². The molecule has 2 unspecified atom stereocenters. The van der Waals surface area contributed by atoms with Crippen molar-refractivity contribution in [3.05, 3.63) is 112 Å². The molecule has 4 rings (SSSR count). The van der Waals surface area contributed by atoms with Crippen molar-refractivity contribution in [2.75, 3.05) is 13.2 Å². The van der Waals surface area contributed by atoms with Gasteiger partial charge in [0.2, 0.25) is 0 Å². The molecular formula is C33H35ClN2O4. The minimum Gasteiger partial charge on any atom is -0.493 e. The van der Waals surface area contributed by atoms with Gasteiger partial charge in [-0.25, -0.2) is 5.84 Å². The van der Waals surface area contributed by atoms with Crippen LogP contribution in [0.15, 0.2) is 84.9 Å². The number of aryl methyl sites for hydroxylation is 1. The molecule has 0 aliphatic carbocycles. The fourth-order valence-corrected chi connectivity index (χ4v) is 5.17. The third-order valence-electron chi connectivity index (χ3n) is 7.19. The number of carboxylic acid groups (broad SMARTS) is 1. The predicted octanol–water partition coefficient (Wildman–Crippen LogP) is 7.34. The number of ether oxygens (including phenoxy) is 1. The number of hydrogen-bond acceptors (Lipinski definition) is 4. The van der Waals surface area contributed by atoms with E-state index in [-0.39, 0.29) is 24.8 Å². The zero-order valence-corrected chi connectivity index (χ0v) is 23.6. The molecule has 4 aromatic carbocycles. The summed E-state index contributed by atoms with van der Waals surface area (Å²) in [6.45, 7) is 4.65. The number of carboxylic acids is 1. The number of aliphatic carboxylic acids is 1. The lowest BCUT2D eigenvalue weighted by molar-refractivity contribution is -0.137. The standard InChI is InChI=1S/C33H35ClN2O4/c1-3-4-30(23-7-9-25(10-8-23)33(39)36(35)18-17-32(37)38)31(24-11-14-28(34)15-12-24)21-40-29-16-13-26-19-22(2)5-6-27(26)20-29/h5-16,19-20,30-31H,3-4,17-18,21,35H2,1-2H3,(H,37,38). The molecule has 1 amide bonds. The van der Waals surface area contributed by atoms with Crippen LogP contribution in [-0.2, 0) is 4.79 Å². The molecule has 40 heavy (non-hydrogen) atoms. The van der Waals surface area contributed by atoms with Crippen molar-refractivity contribution in [1.29, 1.82) is 0 Å². The molecule has 0 saturated carbocycles. The quantitative estimate of drug-likeness (QED) is 0.108. The lowest BCUT2D eigenvalue weighted by Crippen LogP contribution is -2.38. The Morgan fingerprint density at radius 3 is 2.20 bits per heavy atom. The summed E-state index contributed by atoms with van der Waals surface area (Å²) in [5.41, 5.74) is 3.85. The minimum atomic E-state index is -1.00. The number of hydrogen-bond donors (Lipinski definition) is 2. The molecule has 3 N–H and O–H groups in total. The summed E-state index contributed by atoms with van der Waals surface area (Å²) >= 11 is 6.22. The Morgan fingerprint density at radius 1 is 0.900 bits per heavy atom. The van der Waals surface area contributed by atoms with E-state index in [0.29, 0.717) is 17.2 Å². The molecule has 0 heterocycles. The first-order valence-corrected chi connectivity index (χ1v) is 13.9. The number of carbonyl (C=O) groups is 2. The number of rotatable bonds is 12. The topological polar surface area (TPSA) is 92.9 Å². The number of fused-ring (bicyclic) bond motifs is 1. The van der Waals surface area contributed by atoms with Gasteiger partial charge in [0.05, 0.1) is 13.0 Å². The summed E-state index contributed by atoms with van der Waals surface area (Å²) < 4.78 is 6.42. The van der Waals surface area contributed by atoms with Crippen LogP contribution in [-0.4, -0.2) is 35.1 Å². The van der Waals surface area contributed by atoms with Gasteiger partial charge in [-0.05, 0) is 77.6 Å². The van der Waals surface area contributed by atoms with Gasteiger partial charge in [0, 0.05) is 23.0 Å². The SMILES string of the molecule is CCCC(c1ccc(C(=O)N(N)CCC(=O)O)cc1)C(COc1ccc2cc(C)ccc2c1)c1ccc(Cl)cc1. The number of hydrazine groups is 1. The first-order chi connectivity index (χ1) is 19.2. The Balaban J connectivity index is 1.59. The van der Waals surface area contributed by atoms with Crippen molar-refractivity contribution >= 4 is 34.2 Å². The van der Waals surface area contributed by atoms with Gasteiger partial charge in [0.15, 0.2) is 0 Å². The van der Waals surface area contributed by atoms with E-state index < -0.39 is 11.9 Å². The molecule has 0 spiro atoms. The van der Waals surface area contributed by atoms with Crippen LogP contribution >= 0.6 is 11.6 Å². The molecule has 6 nitrogen and oxygen atoms in total. The lowest BCUT2D eigenvalue weighted by atomic mass is 9.79. The smallest absolute Gasteiger partial charge is 0.305 e. The Labute approximate surface area is 240 Å². The maximum Gasteiger partial charge on any atom is 0.305 e. The van der Waals surface area contributed by atoms with Gasteiger partial charge in [-0.15, -0.1) is 0 Å². The van der Waals surface area contributed by atoms with Crippen molar-refractivity contribution in [3.8, 4) is 5.75 Å². The third kappa shape index (κ3) is 7.40. The van der Waals surface area contributed by atoms with Crippen molar-refractivity contribution in [3.63, 3.8) is 0 Å². The van der Waals surface area contributed by atoms with Crippen LogP contribution in [0.1, 0.15) is 65.1 Å². The normalized spacial score (nSPS) is 12.6. The Bertz CT molecular complexity index is 1450. The molecule has 0 fully saturated rings. The molecule has 7 heteroatoms. The summed E-state index contributed by atoms with van der Waals surface area (Å²) in [6.07, 6.45) is 1.68. The van der Waals surface area contributed by atoms with Crippen molar-refractivity contribution < 1.29 is 19.4 Å². The van der Waals surface area contributed by atoms with Crippen molar-refractivity contribution in [2.45, 2.75) is 44.9 Å².